The van der Waals surface area contributed by atoms with Gasteiger partial charge in [0.2, 0.25) is 5.13 Å². The van der Waals surface area contributed by atoms with Gasteiger partial charge in [-0.05, 0) is 47.1 Å². The number of nitrogens with zero attached hydrogens (tertiary/aromatic N) is 2. The minimum atomic E-state index is -0.261. The van der Waals surface area contributed by atoms with Gasteiger partial charge in [0.15, 0.2) is 18.1 Å². The van der Waals surface area contributed by atoms with Crippen molar-refractivity contribution in [1.82, 2.24) is 4.98 Å². The molecule has 0 aliphatic rings. The van der Waals surface area contributed by atoms with Crippen LogP contribution in [0.5, 0.6) is 11.5 Å². The van der Waals surface area contributed by atoms with Crippen molar-refractivity contribution in [3.8, 4) is 22.8 Å². The van der Waals surface area contributed by atoms with Gasteiger partial charge in [-0.1, -0.05) is 48.5 Å². The lowest BCUT2D eigenvalue weighted by atomic mass is 10.2. The Labute approximate surface area is 216 Å². The third kappa shape index (κ3) is 6.91. The molecule has 0 saturated carbocycles. The van der Waals surface area contributed by atoms with E-state index in [1.807, 2.05) is 73.0 Å². The molecule has 4 aromatic rings. The zero-order chi connectivity index (χ0) is 24.5. The fourth-order valence-corrected chi connectivity index (χ4v) is 4.21. The Morgan fingerprint density at radius 1 is 1.06 bits per heavy atom. The summed E-state index contributed by atoms with van der Waals surface area (Å²) in [5.74, 6) is 0.715. The molecule has 0 spiro atoms. The van der Waals surface area contributed by atoms with E-state index < -0.39 is 0 Å². The molecule has 0 radical (unpaired) electrons. The second kappa shape index (κ2) is 12.1. The number of carbonyl (C=O) groups excluding carboxylic acids is 1. The maximum absolute atomic E-state index is 12.3. The maximum atomic E-state index is 12.3. The van der Waals surface area contributed by atoms with Crippen molar-refractivity contribution in [2.24, 2.45) is 5.10 Å². The van der Waals surface area contributed by atoms with Gasteiger partial charge in [-0.15, -0.1) is 11.3 Å². The number of halogens is 1. The van der Waals surface area contributed by atoms with Crippen LogP contribution in [0.1, 0.15) is 12.5 Å². The van der Waals surface area contributed by atoms with Gasteiger partial charge in [-0.3, -0.25) is 10.2 Å². The molecule has 0 saturated heterocycles. The highest BCUT2D eigenvalue weighted by molar-refractivity contribution is 9.10. The summed E-state index contributed by atoms with van der Waals surface area (Å²) >= 11 is 5.02. The van der Waals surface area contributed by atoms with Crippen LogP contribution >= 0.6 is 27.3 Å². The van der Waals surface area contributed by atoms with Gasteiger partial charge in [-0.2, -0.15) is 5.10 Å². The first kappa shape index (κ1) is 24.4. The largest absolute Gasteiger partial charge is 0.490 e. The fourth-order valence-electron chi connectivity index (χ4n) is 3.12. The monoisotopic (exact) mass is 550 g/mol. The van der Waals surface area contributed by atoms with Crippen molar-refractivity contribution in [2.75, 3.05) is 24.0 Å². The molecule has 0 aliphatic heterocycles. The summed E-state index contributed by atoms with van der Waals surface area (Å²) in [5, 5.41) is 9.78. The first-order valence-corrected chi connectivity index (χ1v) is 12.5. The number of carbonyl (C=O) groups is 1. The van der Waals surface area contributed by atoms with E-state index in [2.05, 4.69) is 36.8 Å². The minimum absolute atomic E-state index is 0.149. The van der Waals surface area contributed by atoms with Gasteiger partial charge >= 0.3 is 0 Å². The Balaban J connectivity index is 1.40. The van der Waals surface area contributed by atoms with Crippen LogP contribution < -0.4 is 20.2 Å². The molecule has 178 valence electrons. The molecule has 9 heteroatoms. The number of amides is 1. The van der Waals surface area contributed by atoms with Gasteiger partial charge in [0, 0.05) is 26.7 Å². The Bertz CT molecular complexity index is 1300. The molecule has 1 aromatic heterocycles. The Kier molecular flexibility index (Phi) is 8.48. The van der Waals surface area contributed by atoms with Crippen LogP contribution in [-0.4, -0.2) is 30.3 Å². The summed E-state index contributed by atoms with van der Waals surface area (Å²) < 4.78 is 12.2. The predicted octanol–water partition coefficient (Wildman–Crippen LogP) is 6.43. The summed E-state index contributed by atoms with van der Waals surface area (Å²) in [6.07, 6.45) is 1.67. The molecule has 1 amide bonds. The van der Waals surface area contributed by atoms with Gasteiger partial charge < -0.3 is 14.8 Å². The summed E-state index contributed by atoms with van der Waals surface area (Å²) in [5.41, 5.74) is 6.41. The van der Waals surface area contributed by atoms with E-state index >= 15 is 0 Å². The van der Waals surface area contributed by atoms with Crippen LogP contribution in [0.25, 0.3) is 11.3 Å². The average Bonchev–Trinajstić information content (AvgIpc) is 3.35. The van der Waals surface area contributed by atoms with Crippen LogP contribution in [0.4, 0.5) is 10.8 Å². The highest BCUT2D eigenvalue weighted by Crippen LogP contribution is 2.33. The summed E-state index contributed by atoms with van der Waals surface area (Å²) in [4.78, 5) is 16.8. The van der Waals surface area contributed by atoms with E-state index in [0.717, 1.165) is 21.3 Å². The number of hydrogen-bond donors (Lipinski definition) is 2. The third-order valence-electron chi connectivity index (χ3n) is 4.72. The standard InChI is InChI=1S/C26H23BrN4O3S/c1-2-33-23-13-19(15-28-31-26-30-22(17-35-26)18-9-5-3-6-10-18)21(27)14-24(23)34-16-25(32)29-20-11-7-4-8-12-20/h3-15,17H,2,16H2,1H3,(H,29,32)(H,30,31). The SMILES string of the molecule is CCOc1cc(C=NNc2nc(-c3ccccc3)cs2)c(Br)cc1OCC(=O)Nc1ccccc1. The van der Waals surface area contributed by atoms with Crippen molar-refractivity contribution < 1.29 is 14.3 Å². The smallest absolute Gasteiger partial charge is 0.262 e. The second-order valence-electron chi connectivity index (χ2n) is 7.23. The van der Waals surface area contributed by atoms with E-state index in [0.29, 0.717) is 28.9 Å². The first-order chi connectivity index (χ1) is 17.1. The number of anilines is 2. The molecule has 0 atom stereocenters. The quantitative estimate of drug-likeness (QED) is 0.175. The Hall–Kier alpha value is -3.69. The van der Waals surface area contributed by atoms with Crippen molar-refractivity contribution in [1.29, 1.82) is 0 Å². The highest BCUT2D eigenvalue weighted by Gasteiger charge is 2.12. The molecule has 0 unspecified atom stereocenters. The van der Waals surface area contributed by atoms with Crippen LogP contribution in [0, 0.1) is 0 Å². The van der Waals surface area contributed by atoms with Crippen LogP contribution in [-0.2, 0) is 4.79 Å². The van der Waals surface area contributed by atoms with Gasteiger partial charge in [0.05, 0.1) is 18.5 Å². The lowest BCUT2D eigenvalue weighted by Gasteiger charge is -2.14. The van der Waals surface area contributed by atoms with Gasteiger partial charge in [-0.25, -0.2) is 4.98 Å². The number of aromatic nitrogens is 1. The molecule has 7 nitrogen and oxygen atoms in total. The molecule has 0 bridgehead atoms. The number of para-hydroxylation sites is 1. The number of thiazole rings is 1. The average molecular weight is 551 g/mol. The number of benzene rings is 3. The molecule has 0 aliphatic carbocycles. The number of hydrogen-bond acceptors (Lipinski definition) is 7. The normalized spacial score (nSPS) is 10.8. The molecular weight excluding hydrogens is 528 g/mol. The number of ether oxygens (including phenoxy) is 2. The lowest BCUT2D eigenvalue weighted by molar-refractivity contribution is -0.118. The Morgan fingerprint density at radius 2 is 1.77 bits per heavy atom. The predicted molar refractivity (Wildman–Crippen MR) is 145 cm³/mol. The van der Waals surface area contributed by atoms with E-state index in [1.54, 1.807) is 18.3 Å². The topological polar surface area (TPSA) is 84.8 Å². The van der Waals surface area contributed by atoms with Crippen LogP contribution in [0.15, 0.2) is 87.8 Å². The molecule has 4 rings (SSSR count). The van der Waals surface area contributed by atoms with Crippen molar-refractivity contribution >= 4 is 50.2 Å². The summed E-state index contributed by atoms with van der Waals surface area (Å²) in [6, 6.07) is 22.8. The fraction of sp³-hybridized carbons (Fsp3) is 0.115. The van der Waals surface area contributed by atoms with E-state index in [-0.39, 0.29) is 12.5 Å². The molecule has 35 heavy (non-hydrogen) atoms. The van der Waals surface area contributed by atoms with E-state index in [9.17, 15) is 4.79 Å². The van der Waals surface area contributed by atoms with Crippen molar-refractivity contribution in [2.45, 2.75) is 6.92 Å². The van der Waals surface area contributed by atoms with Gasteiger partial charge in [0.1, 0.15) is 0 Å². The van der Waals surface area contributed by atoms with E-state index in [1.165, 1.54) is 11.3 Å². The zero-order valence-corrected chi connectivity index (χ0v) is 21.3. The summed E-state index contributed by atoms with van der Waals surface area (Å²) in [6.45, 7) is 2.19. The number of rotatable bonds is 10. The second-order valence-corrected chi connectivity index (χ2v) is 8.94. The minimum Gasteiger partial charge on any atom is -0.490 e. The number of hydrazone groups is 1. The molecule has 2 N–H and O–H groups in total. The van der Waals surface area contributed by atoms with Crippen LogP contribution in [0.3, 0.4) is 0 Å². The third-order valence-corrected chi connectivity index (χ3v) is 6.15. The lowest BCUT2D eigenvalue weighted by Crippen LogP contribution is -2.20. The molecule has 3 aromatic carbocycles. The van der Waals surface area contributed by atoms with Crippen LogP contribution in [0.2, 0.25) is 0 Å². The first-order valence-electron chi connectivity index (χ1n) is 10.9. The van der Waals surface area contributed by atoms with E-state index in [4.69, 9.17) is 9.47 Å². The van der Waals surface area contributed by atoms with Crippen molar-refractivity contribution in [3.05, 3.63) is 88.2 Å². The van der Waals surface area contributed by atoms with Gasteiger partial charge in [0.25, 0.3) is 5.91 Å². The molecule has 0 fully saturated rings. The maximum Gasteiger partial charge on any atom is 0.262 e. The molecular formula is C26H23BrN4O3S. The van der Waals surface area contributed by atoms with Crippen molar-refractivity contribution in [3.63, 3.8) is 0 Å². The number of nitrogens with one attached hydrogen (secondary N) is 2. The molecule has 1 heterocycles. The summed E-state index contributed by atoms with van der Waals surface area (Å²) in [7, 11) is 0. The zero-order valence-electron chi connectivity index (χ0n) is 18.9. The Morgan fingerprint density at radius 3 is 2.51 bits per heavy atom. The highest BCUT2D eigenvalue weighted by atomic mass is 79.9.